The average Bonchev–Trinajstić information content (AvgIpc) is 2.93. The molecule has 1 aliphatic rings. The molecule has 3 rings (SSSR count). The molecule has 15 heavy (non-hydrogen) atoms. The van der Waals surface area contributed by atoms with Gasteiger partial charge in [0.2, 0.25) is 0 Å². The molecule has 2 aromatic heterocycles. The van der Waals surface area contributed by atoms with E-state index in [1.165, 1.54) is 0 Å². The fourth-order valence-corrected chi connectivity index (χ4v) is 1.69. The minimum Gasteiger partial charge on any atom is -0.371 e. The zero-order valence-corrected chi connectivity index (χ0v) is 8.38. The van der Waals surface area contributed by atoms with Crippen LogP contribution in [-0.4, -0.2) is 26.9 Å². The standard InChI is InChI=1S/C10H11N3O2/c1-7-4-9-10(14)12(5-8-6-15-8)2-3-13(9)11-7/h2-4,8H,5-6H2,1H3/t8-/m1/s1. The summed E-state index contributed by atoms with van der Waals surface area (Å²) >= 11 is 0. The van der Waals surface area contributed by atoms with Gasteiger partial charge in [-0.25, -0.2) is 4.52 Å². The van der Waals surface area contributed by atoms with Gasteiger partial charge in [-0.2, -0.15) is 5.10 Å². The summed E-state index contributed by atoms with van der Waals surface area (Å²) in [6.45, 7) is 3.27. The van der Waals surface area contributed by atoms with Gasteiger partial charge in [0, 0.05) is 12.4 Å². The van der Waals surface area contributed by atoms with Crippen molar-refractivity contribution < 1.29 is 4.74 Å². The number of aromatic nitrogens is 3. The molecule has 1 atom stereocenters. The van der Waals surface area contributed by atoms with E-state index in [4.69, 9.17) is 4.74 Å². The second-order valence-corrected chi connectivity index (χ2v) is 3.83. The minimum atomic E-state index is -0.00593. The van der Waals surface area contributed by atoms with E-state index in [-0.39, 0.29) is 11.7 Å². The zero-order valence-electron chi connectivity index (χ0n) is 8.38. The molecule has 1 saturated heterocycles. The van der Waals surface area contributed by atoms with Gasteiger partial charge in [-0.3, -0.25) is 4.79 Å². The third-order valence-corrected chi connectivity index (χ3v) is 2.53. The molecule has 1 aliphatic heterocycles. The summed E-state index contributed by atoms with van der Waals surface area (Å²) in [6, 6.07) is 1.80. The Morgan fingerprint density at radius 1 is 1.60 bits per heavy atom. The predicted octanol–water partition coefficient (Wildman–Crippen LogP) is 0.203. The van der Waals surface area contributed by atoms with Crippen LogP contribution in [0.3, 0.4) is 0 Å². The van der Waals surface area contributed by atoms with Crippen LogP contribution in [-0.2, 0) is 11.3 Å². The van der Waals surface area contributed by atoms with E-state index in [2.05, 4.69) is 5.10 Å². The normalized spacial score (nSPS) is 19.7. The molecule has 0 unspecified atom stereocenters. The Morgan fingerprint density at radius 3 is 3.13 bits per heavy atom. The topological polar surface area (TPSA) is 51.8 Å². The molecule has 0 amide bonds. The first-order chi connectivity index (χ1) is 7.24. The molecule has 0 N–H and O–H groups in total. The van der Waals surface area contributed by atoms with Crippen molar-refractivity contribution >= 4 is 5.52 Å². The summed E-state index contributed by atoms with van der Waals surface area (Å²) in [5.41, 5.74) is 1.47. The molecule has 5 nitrogen and oxygen atoms in total. The van der Waals surface area contributed by atoms with Crippen molar-refractivity contribution in [2.75, 3.05) is 6.61 Å². The number of ether oxygens (including phenoxy) is 1. The van der Waals surface area contributed by atoms with Crippen LogP contribution >= 0.6 is 0 Å². The summed E-state index contributed by atoms with van der Waals surface area (Å²) in [6.07, 6.45) is 3.77. The Balaban J connectivity index is 2.15. The van der Waals surface area contributed by atoms with Gasteiger partial charge in [0.15, 0.2) is 0 Å². The van der Waals surface area contributed by atoms with Gasteiger partial charge in [0.25, 0.3) is 5.56 Å². The summed E-state index contributed by atoms with van der Waals surface area (Å²) in [4.78, 5) is 12.0. The monoisotopic (exact) mass is 205 g/mol. The van der Waals surface area contributed by atoms with Crippen molar-refractivity contribution in [1.29, 1.82) is 0 Å². The van der Waals surface area contributed by atoms with Crippen molar-refractivity contribution in [3.05, 3.63) is 34.5 Å². The number of nitrogens with zero attached hydrogens (tertiary/aromatic N) is 3. The maximum Gasteiger partial charge on any atom is 0.276 e. The first kappa shape index (κ1) is 8.67. The summed E-state index contributed by atoms with van der Waals surface area (Å²) in [7, 11) is 0. The minimum absolute atomic E-state index is 0.00593. The number of epoxide rings is 1. The molecule has 78 valence electrons. The fraction of sp³-hybridized carbons (Fsp3) is 0.400. The van der Waals surface area contributed by atoms with Crippen LogP contribution in [0.2, 0.25) is 0 Å². The Hall–Kier alpha value is -1.62. The molecule has 0 saturated carbocycles. The maximum atomic E-state index is 12.0. The lowest BCUT2D eigenvalue weighted by Gasteiger charge is -2.02. The van der Waals surface area contributed by atoms with Crippen molar-refractivity contribution in [3.8, 4) is 0 Å². The second kappa shape index (κ2) is 2.93. The first-order valence-electron chi connectivity index (χ1n) is 4.91. The highest BCUT2D eigenvalue weighted by Crippen LogP contribution is 2.10. The van der Waals surface area contributed by atoms with Crippen molar-refractivity contribution in [3.63, 3.8) is 0 Å². The average molecular weight is 205 g/mol. The molecule has 5 heteroatoms. The summed E-state index contributed by atoms with van der Waals surface area (Å²) in [5.74, 6) is 0. The molecule has 0 spiro atoms. The van der Waals surface area contributed by atoms with Crippen LogP contribution in [0, 0.1) is 6.92 Å². The van der Waals surface area contributed by atoms with E-state index in [1.54, 1.807) is 27.5 Å². The third-order valence-electron chi connectivity index (χ3n) is 2.53. The molecule has 2 aromatic rings. The SMILES string of the molecule is Cc1cc2c(=O)n(C[C@@H]3CO3)ccn2n1. The van der Waals surface area contributed by atoms with E-state index >= 15 is 0 Å². The van der Waals surface area contributed by atoms with E-state index in [1.807, 2.05) is 6.92 Å². The Labute approximate surface area is 85.9 Å². The van der Waals surface area contributed by atoms with Crippen molar-refractivity contribution in [1.82, 2.24) is 14.2 Å². The van der Waals surface area contributed by atoms with Gasteiger partial charge in [-0.05, 0) is 13.0 Å². The predicted molar refractivity (Wildman–Crippen MR) is 53.9 cm³/mol. The highest BCUT2D eigenvalue weighted by atomic mass is 16.6. The van der Waals surface area contributed by atoms with Gasteiger partial charge < -0.3 is 9.30 Å². The largest absolute Gasteiger partial charge is 0.371 e. The maximum absolute atomic E-state index is 12.0. The van der Waals surface area contributed by atoms with Gasteiger partial charge in [0.1, 0.15) is 5.52 Å². The number of fused-ring (bicyclic) bond motifs is 1. The smallest absolute Gasteiger partial charge is 0.276 e. The molecule has 0 bridgehead atoms. The Kier molecular flexibility index (Phi) is 1.70. The third kappa shape index (κ3) is 1.45. The zero-order chi connectivity index (χ0) is 10.4. The Morgan fingerprint density at radius 2 is 2.40 bits per heavy atom. The van der Waals surface area contributed by atoms with Gasteiger partial charge in [-0.1, -0.05) is 0 Å². The summed E-state index contributed by atoms with van der Waals surface area (Å²) in [5, 5.41) is 4.18. The molecular formula is C10H11N3O2. The van der Waals surface area contributed by atoms with Crippen molar-refractivity contribution in [2.24, 2.45) is 0 Å². The van der Waals surface area contributed by atoms with Crippen LogP contribution in [0.25, 0.3) is 5.52 Å². The van der Waals surface area contributed by atoms with Gasteiger partial charge in [0.05, 0.1) is 24.9 Å². The number of rotatable bonds is 2. The number of aryl methyl sites for hydroxylation is 1. The lowest BCUT2D eigenvalue weighted by atomic mass is 10.4. The number of hydrogen-bond acceptors (Lipinski definition) is 3. The molecule has 0 aromatic carbocycles. The van der Waals surface area contributed by atoms with Crippen LogP contribution in [0.15, 0.2) is 23.3 Å². The van der Waals surface area contributed by atoms with E-state index in [9.17, 15) is 4.79 Å². The van der Waals surface area contributed by atoms with Gasteiger partial charge >= 0.3 is 0 Å². The fourth-order valence-electron chi connectivity index (χ4n) is 1.69. The molecular weight excluding hydrogens is 194 g/mol. The summed E-state index contributed by atoms with van der Waals surface area (Å²) < 4.78 is 8.39. The lowest BCUT2D eigenvalue weighted by Crippen LogP contribution is -2.23. The van der Waals surface area contributed by atoms with Crippen LogP contribution in [0.4, 0.5) is 0 Å². The Bertz CT molecular complexity index is 566. The molecule has 0 aliphatic carbocycles. The number of hydrogen-bond donors (Lipinski definition) is 0. The molecule has 1 fully saturated rings. The lowest BCUT2D eigenvalue weighted by molar-refractivity contribution is 0.380. The van der Waals surface area contributed by atoms with Crippen LogP contribution in [0.1, 0.15) is 5.69 Å². The van der Waals surface area contributed by atoms with Crippen LogP contribution < -0.4 is 5.56 Å². The second-order valence-electron chi connectivity index (χ2n) is 3.83. The van der Waals surface area contributed by atoms with Crippen molar-refractivity contribution in [2.45, 2.75) is 19.6 Å². The quantitative estimate of drug-likeness (QED) is 0.658. The highest BCUT2D eigenvalue weighted by Gasteiger charge is 2.23. The molecule has 3 heterocycles. The van der Waals surface area contributed by atoms with Gasteiger partial charge in [-0.15, -0.1) is 0 Å². The van der Waals surface area contributed by atoms with Crippen LogP contribution in [0.5, 0.6) is 0 Å². The van der Waals surface area contributed by atoms with E-state index < -0.39 is 0 Å². The first-order valence-corrected chi connectivity index (χ1v) is 4.91. The van der Waals surface area contributed by atoms with E-state index in [0.717, 1.165) is 12.3 Å². The molecule has 0 radical (unpaired) electrons. The van der Waals surface area contributed by atoms with E-state index in [0.29, 0.717) is 12.1 Å². The highest BCUT2D eigenvalue weighted by molar-refractivity contribution is 5.44.